The average Bonchev–Trinajstić information content (AvgIpc) is 2.90. The van der Waals surface area contributed by atoms with Crippen LogP contribution < -0.4 is 17.0 Å². The SMILES string of the molecule is CC.CC.CC.CC(=O)CCCCn1c(=O)c(C)c(C)n(C)c1=O.CC(=O)c1ccc(N)cc1O.CCC. The number of aromatic hydroxyl groups is 1. The van der Waals surface area contributed by atoms with Gasteiger partial charge < -0.3 is 20.2 Å². The van der Waals surface area contributed by atoms with Gasteiger partial charge in [-0.3, -0.25) is 14.2 Å². The van der Waals surface area contributed by atoms with Gasteiger partial charge in [0.05, 0.1) is 5.56 Å². The zero-order valence-electron chi connectivity index (χ0n) is 26.3. The fraction of sp³-hybridized carbons (Fsp3) is 0.600. The third kappa shape index (κ3) is 16.6. The molecule has 0 saturated heterocycles. The number of anilines is 1. The topological polar surface area (TPSA) is 124 Å². The van der Waals surface area contributed by atoms with Crippen LogP contribution in [0.15, 0.2) is 27.8 Å². The standard InChI is InChI=1S/C13H20N2O3.C8H9NO2.C3H8.3C2H6/c1-9(16)7-5-6-8-15-12(17)10(2)11(3)14(4)13(15)18;1-5(10)7-3-2-6(9)4-8(7)11;1-3-2;3*1-2/h5-8H2,1-4H3;2-4,11H,9H2,1H3;3H2,1-2H3;3*1-2H3. The largest absolute Gasteiger partial charge is 0.507 e. The van der Waals surface area contributed by atoms with E-state index in [2.05, 4.69) is 13.8 Å². The van der Waals surface area contributed by atoms with Crippen molar-refractivity contribution >= 4 is 17.3 Å². The Balaban J connectivity index is -0.000000246. The number of hydrogen-bond acceptors (Lipinski definition) is 6. The van der Waals surface area contributed by atoms with E-state index in [-0.39, 0.29) is 28.6 Å². The second-order valence-corrected chi connectivity index (χ2v) is 7.71. The highest BCUT2D eigenvalue weighted by Gasteiger charge is 2.10. The Morgan fingerprint density at radius 2 is 1.39 bits per heavy atom. The fourth-order valence-corrected chi connectivity index (χ4v) is 2.71. The van der Waals surface area contributed by atoms with Gasteiger partial charge in [-0.05, 0) is 52.7 Å². The Bertz CT molecular complexity index is 1000. The van der Waals surface area contributed by atoms with Crippen molar-refractivity contribution in [3.63, 3.8) is 0 Å². The van der Waals surface area contributed by atoms with Crippen LogP contribution in [0.5, 0.6) is 5.75 Å². The lowest BCUT2D eigenvalue weighted by Gasteiger charge is -2.11. The minimum Gasteiger partial charge on any atom is -0.507 e. The predicted octanol–water partition coefficient (Wildman–Crippen LogP) is 6.60. The number of hydrogen-bond donors (Lipinski definition) is 2. The lowest BCUT2D eigenvalue weighted by molar-refractivity contribution is -0.117. The molecule has 0 unspecified atom stereocenters. The van der Waals surface area contributed by atoms with Crippen LogP contribution >= 0.6 is 0 Å². The lowest BCUT2D eigenvalue weighted by atomic mass is 10.1. The molecule has 3 N–H and O–H groups in total. The van der Waals surface area contributed by atoms with Gasteiger partial charge in [-0.25, -0.2) is 4.79 Å². The molecule has 0 aliphatic carbocycles. The second kappa shape index (κ2) is 25.5. The maximum absolute atomic E-state index is 12.0. The van der Waals surface area contributed by atoms with Gasteiger partial charge in [0.1, 0.15) is 11.5 Å². The Hall–Kier alpha value is -3.16. The summed E-state index contributed by atoms with van der Waals surface area (Å²) in [5, 5.41) is 9.16. The molecule has 8 heteroatoms. The van der Waals surface area contributed by atoms with E-state index in [4.69, 9.17) is 10.8 Å². The number of phenolic OH excluding ortho intramolecular Hbond substituents is 1. The fourth-order valence-electron chi connectivity index (χ4n) is 2.71. The van der Waals surface area contributed by atoms with E-state index in [0.29, 0.717) is 48.3 Å². The van der Waals surface area contributed by atoms with Crippen molar-refractivity contribution in [2.75, 3.05) is 5.73 Å². The maximum atomic E-state index is 12.0. The first kappa shape index (κ1) is 41.9. The molecule has 0 aliphatic heterocycles. The van der Waals surface area contributed by atoms with E-state index in [1.807, 2.05) is 41.5 Å². The molecule has 220 valence electrons. The molecular formula is C30H55N3O5. The number of Topliss-reactive ketones (excluding diaryl/α,β-unsaturated/α-hetero) is 2. The first-order valence-corrected chi connectivity index (χ1v) is 13.7. The number of phenols is 1. The van der Waals surface area contributed by atoms with Crippen molar-refractivity contribution in [2.45, 2.75) is 115 Å². The van der Waals surface area contributed by atoms with Crippen LogP contribution in [0.3, 0.4) is 0 Å². The van der Waals surface area contributed by atoms with Gasteiger partial charge in [0.25, 0.3) is 5.56 Å². The number of nitrogens with two attached hydrogens (primary N) is 1. The molecule has 0 atom stereocenters. The Labute approximate surface area is 230 Å². The number of nitrogens with zero attached hydrogens (tertiary/aromatic N) is 2. The summed E-state index contributed by atoms with van der Waals surface area (Å²) in [4.78, 5) is 45.5. The molecule has 2 aromatic rings. The van der Waals surface area contributed by atoms with Crippen LogP contribution in [0.25, 0.3) is 0 Å². The van der Waals surface area contributed by atoms with Gasteiger partial charge in [-0.1, -0.05) is 61.8 Å². The summed E-state index contributed by atoms with van der Waals surface area (Å²) in [7, 11) is 1.66. The molecule has 1 aromatic carbocycles. The molecule has 1 heterocycles. The third-order valence-electron chi connectivity index (χ3n) is 4.69. The minimum absolute atomic E-state index is 0.0579. The number of ketones is 2. The lowest BCUT2D eigenvalue weighted by Crippen LogP contribution is -2.41. The smallest absolute Gasteiger partial charge is 0.330 e. The molecule has 0 amide bonds. The van der Waals surface area contributed by atoms with Crippen molar-refractivity contribution < 1.29 is 14.7 Å². The normalized spacial score (nSPS) is 8.76. The molecule has 38 heavy (non-hydrogen) atoms. The average molecular weight is 538 g/mol. The van der Waals surface area contributed by atoms with Crippen LogP contribution in [0, 0.1) is 13.8 Å². The molecular weight excluding hydrogens is 482 g/mol. The van der Waals surface area contributed by atoms with Crippen LogP contribution in [0.2, 0.25) is 0 Å². The number of nitrogen functional groups attached to an aromatic ring is 1. The van der Waals surface area contributed by atoms with E-state index in [1.165, 1.54) is 34.6 Å². The van der Waals surface area contributed by atoms with Gasteiger partial charge in [0.15, 0.2) is 5.78 Å². The number of carbonyl (C=O) groups is 2. The predicted molar refractivity (Wildman–Crippen MR) is 162 cm³/mol. The molecule has 0 fully saturated rings. The van der Waals surface area contributed by atoms with Gasteiger partial charge >= 0.3 is 5.69 Å². The molecule has 1 aromatic heterocycles. The molecule has 0 spiro atoms. The van der Waals surface area contributed by atoms with Gasteiger partial charge in [-0.2, -0.15) is 0 Å². The van der Waals surface area contributed by atoms with Crippen LogP contribution in [0.1, 0.15) is 117 Å². The van der Waals surface area contributed by atoms with Crippen LogP contribution in [0.4, 0.5) is 5.69 Å². The number of benzene rings is 1. The van der Waals surface area contributed by atoms with Gasteiger partial charge in [-0.15, -0.1) is 0 Å². The highest BCUT2D eigenvalue weighted by atomic mass is 16.3. The first-order chi connectivity index (χ1) is 17.9. The van der Waals surface area contributed by atoms with Crippen molar-refractivity contribution in [3.05, 3.63) is 55.9 Å². The van der Waals surface area contributed by atoms with Crippen LogP contribution in [-0.4, -0.2) is 25.8 Å². The summed E-state index contributed by atoms with van der Waals surface area (Å²) < 4.78 is 2.74. The zero-order chi connectivity index (χ0) is 31.0. The second-order valence-electron chi connectivity index (χ2n) is 7.71. The molecule has 0 saturated carbocycles. The number of aromatic nitrogens is 2. The van der Waals surface area contributed by atoms with Crippen molar-refractivity contribution in [1.29, 1.82) is 0 Å². The van der Waals surface area contributed by atoms with E-state index in [9.17, 15) is 19.2 Å². The zero-order valence-corrected chi connectivity index (χ0v) is 26.3. The molecule has 0 aliphatic rings. The van der Waals surface area contributed by atoms with Crippen molar-refractivity contribution in [3.8, 4) is 5.75 Å². The summed E-state index contributed by atoms with van der Waals surface area (Å²) in [5.74, 6) is -0.0877. The Morgan fingerprint density at radius 1 is 0.921 bits per heavy atom. The summed E-state index contributed by atoms with van der Waals surface area (Å²) >= 11 is 0. The third-order valence-corrected chi connectivity index (χ3v) is 4.69. The van der Waals surface area contributed by atoms with Crippen molar-refractivity contribution in [2.24, 2.45) is 7.05 Å². The van der Waals surface area contributed by atoms with Gasteiger partial charge in [0.2, 0.25) is 0 Å². The van der Waals surface area contributed by atoms with E-state index >= 15 is 0 Å². The van der Waals surface area contributed by atoms with E-state index in [1.54, 1.807) is 33.9 Å². The quantitative estimate of drug-likeness (QED) is 0.243. The van der Waals surface area contributed by atoms with Gasteiger partial charge in [0, 0.05) is 43.0 Å². The summed E-state index contributed by atoms with van der Waals surface area (Å²) in [5.41, 5.74) is 6.90. The monoisotopic (exact) mass is 537 g/mol. The molecule has 2 rings (SSSR count). The number of carbonyl (C=O) groups excluding carboxylic acids is 2. The highest BCUT2D eigenvalue weighted by molar-refractivity contribution is 5.97. The van der Waals surface area contributed by atoms with E-state index < -0.39 is 0 Å². The summed E-state index contributed by atoms with van der Waals surface area (Å²) in [6.45, 7) is 23.0. The Kier molecular flexibility index (Phi) is 28.1. The Morgan fingerprint density at radius 3 is 1.79 bits per heavy atom. The number of rotatable bonds is 6. The summed E-state index contributed by atoms with van der Waals surface area (Å²) in [6.07, 6.45) is 3.12. The van der Waals surface area contributed by atoms with E-state index in [0.717, 1.165) is 0 Å². The highest BCUT2D eigenvalue weighted by Crippen LogP contribution is 2.19. The number of unbranched alkanes of at least 4 members (excludes halogenated alkanes) is 1. The maximum Gasteiger partial charge on any atom is 0.330 e. The van der Waals surface area contributed by atoms with Crippen molar-refractivity contribution in [1.82, 2.24) is 9.13 Å². The summed E-state index contributed by atoms with van der Waals surface area (Å²) in [6, 6.07) is 4.44. The molecule has 8 nitrogen and oxygen atoms in total. The van der Waals surface area contributed by atoms with Crippen LogP contribution in [-0.2, 0) is 18.4 Å². The minimum atomic E-state index is -0.286. The molecule has 0 bridgehead atoms. The first-order valence-electron chi connectivity index (χ1n) is 13.7. The molecule has 0 radical (unpaired) electrons.